The standard InChI is InChI=1S/C20H25NO5/c1-23-16-12-15(13-17(14-16)24-2)8-9-20(22)21-10-11-26-19-7-5-4-6-18(19)25-3/h4-7,12-14H,8-11H2,1-3H3,(H,21,22). The smallest absolute Gasteiger partial charge is 0.220 e. The van der Waals surface area contributed by atoms with Crippen LogP contribution in [0.15, 0.2) is 42.5 Å². The van der Waals surface area contributed by atoms with E-state index in [2.05, 4.69) is 5.32 Å². The van der Waals surface area contributed by atoms with E-state index in [4.69, 9.17) is 18.9 Å². The summed E-state index contributed by atoms with van der Waals surface area (Å²) < 4.78 is 21.3. The molecule has 0 heterocycles. The largest absolute Gasteiger partial charge is 0.497 e. The summed E-state index contributed by atoms with van der Waals surface area (Å²) in [5.74, 6) is 2.73. The Kier molecular flexibility index (Phi) is 7.61. The van der Waals surface area contributed by atoms with Crippen molar-refractivity contribution in [2.24, 2.45) is 0 Å². The lowest BCUT2D eigenvalue weighted by atomic mass is 10.1. The maximum atomic E-state index is 12.0. The normalized spacial score (nSPS) is 10.1. The van der Waals surface area contributed by atoms with Crippen LogP contribution in [0.2, 0.25) is 0 Å². The number of methoxy groups -OCH3 is 3. The molecule has 2 rings (SSSR count). The molecule has 140 valence electrons. The number of amides is 1. The zero-order valence-electron chi connectivity index (χ0n) is 15.4. The number of hydrogen-bond acceptors (Lipinski definition) is 5. The highest BCUT2D eigenvalue weighted by Crippen LogP contribution is 2.25. The van der Waals surface area contributed by atoms with Gasteiger partial charge in [0.05, 0.1) is 27.9 Å². The molecular formula is C20H25NO5. The van der Waals surface area contributed by atoms with Crippen LogP contribution in [0.5, 0.6) is 23.0 Å². The quantitative estimate of drug-likeness (QED) is 0.661. The van der Waals surface area contributed by atoms with Crippen molar-refractivity contribution in [2.75, 3.05) is 34.5 Å². The minimum absolute atomic E-state index is 0.0320. The van der Waals surface area contributed by atoms with Gasteiger partial charge in [0, 0.05) is 12.5 Å². The Morgan fingerprint density at radius 1 is 0.923 bits per heavy atom. The lowest BCUT2D eigenvalue weighted by Crippen LogP contribution is -2.28. The Bertz CT molecular complexity index is 695. The summed E-state index contributed by atoms with van der Waals surface area (Å²) in [6, 6.07) is 13.0. The Labute approximate surface area is 154 Å². The number of nitrogens with one attached hydrogen (secondary N) is 1. The molecule has 1 amide bonds. The molecular weight excluding hydrogens is 334 g/mol. The number of rotatable bonds is 10. The third kappa shape index (κ3) is 5.88. The first-order chi connectivity index (χ1) is 12.7. The van der Waals surface area contributed by atoms with Crippen molar-refractivity contribution in [3.05, 3.63) is 48.0 Å². The Balaban J connectivity index is 1.74. The molecule has 26 heavy (non-hydrogen) atoms. The fourth-order valence-corrected chi connectivity index (χ4v) is 2.45. The van der Waals surface area contributed by atoms with Crippen LogP contribution in [0, 0.1) is 0 Å². The highest BCUT2D eigenvalue weighted by atomic mass is 16.5. The molecule has 2 aromatic rings. The van der Waals surface area contributed by atoms with E-state index in [1.54, 1.807) is 27.4 Å². The van der Waals surface area contributed by atoms with Gasteiger partial charge < -0.3 is 24.3 Å². The summed E-state index contributed by atoms with van der Waals surface area (Å²) in [5.41, 5.74) is 0.988. The summed E-state index contributed by atoms with van der Waals surface area (Å²) in [7, 11) is 4.80. The molecule has 0 atom stereocenters. The van der Waals surface area contributed by atoms with Crippen LogP contribution in [0.3, 0.4) is 0 Å². The summed E-state index contributed by atoms with van der Waals surface area (Å²) in [4.78, 5) is 12.0. The molecule has 0 spiro atoms. The predicted octanol–water partition coefficient (Wildman–Crippen LogP) is 2.84. The van der Waals surface area contributed by atoms with Gasteiger partial charge in [0.25, 0.3) is 0 Å². The molecule has 0 unspecified atom stereocenters. The zero-order chi connectivity index (χ0) is 18.8. The Morgan fingerprint density at radius 2 is 1.58 bits per heavy atom. The van der Waals surface area contributed by atoms with Crippen molar-refractivity contribution < 1.29 is 23.7 Å². The van der Waals surface area contributed by atoms with Gasteiger partial charge in [-0.1, -0.05) is 12.1 Å². The van der Waals surface area contributed by atoms with E-state index in [1.807, 2.05) is 36.4 Å². The molecule has 0 fully saturated rings. The van der Waals surface area contributed by atoms with Crippen LogP contribution < -0.4 is 24.3 Å². The van der Waals surface area contributed by atoms with Gasteiger partial charge in [0.15, 0.2) is 11.5 Å². The maximum absolute atomic E-state index is 12.0. The number of ether oxygens (including phenoxy) is 4. The molecule has 0 saturated carbocycles. The van der Waals surface area contributed by atoms with Crippen molar-refractivity contribution in [3.63, 3.8) is 0 Å². The van der Waals surface area contributed by atoms with E-state index in [0.717, 1.165) is 5.56 Å². The number of benzene rings is 2. The van der Waals surface area contributed by atoms with Crippen molar-refractivity contribution in [1.82, 2.24) is 5.32 Å². The molecule has 0 aliphatic heterocycles. The minimum atomic E-state index is -0.0320. The fourth-order valence-electron chi connectivity index (χ4n) is 2.45. The first-order valence-corrected chi connectivity index (χ1v) is 8.40. The van der Waals surface area contributed by atoms with Crippen LogP contribution >= 0.6 is 0 Å². The van der Waals surface area contributed by atoms with Gasteiger partial charge in [-0.15, -0.1) is 0 Å². The van der Waals surface area contributed by atoms with Crippen molar-refractivity contribution in [1.29, 1.82) is 0 Å². The maximum Gasteiger partial charge on any atom is 0.220 e. The molecule has 6 heteroatoms. The Morgan fingerprint density at radius 3 is 2.19 bits per heavy atom. The SMILES string of the molecule is COc1cc(CCC(=O)NCCOc2ccccc2OC)cc(OC)c1. The van der Waals surface area contributed by atoms with Gasteiger partial charge in [-0.3, -0.25) is 4.79 Å². The second kappa shape index (κ2) is 10.2. The van der Waals surface area contributed by atoms with Gasteiger partial charge in [-0.05, 0) is 36.2 Å². The molecule has 0 aliphatic rings. The zero-order valence-corrected chi connectivity index (χ0v) is 15.4. The van der Waals surface area contributed by atoms with E-state index in [1.165, 1.54) is 0 Å². The molecule has 0 aliphatic carbocycles. The highest BCUT2D eigenvalue weighted by molar-refractivity contribution is 5.76. The third-order valence-electron chi connectivity index (χ3n) is 3.80. The monoisotopic (exact) mass is 359 g/mol. The van der Waals surface area contributed by atoms with E-state index in [0.29, 0.717) is 49.0 Å². The number of carbonyl (C=O) groups is 1. The average molecular weight is 359 g/mol. The van der Waals surface area contributed by atoms with Crippen LogP contribution in [-0.2, 0) is 11.2 Å². The number of hydrogen-bond donors (Lipinski definition) is 1. The van der Waals surface area contributed by atoms with Crippen LogP contribution in [0.4, 0.5) is 0 Å². The van der Waals surface area contributed by atoms with E-state index < -0.39 is 0 Å². The van der Waals surface area contributed by atoms with Gasteiger partial charge >= 0.3 is 0 Å². The first kappa shape index (κ1) is 19.4. The van der Waals surface area contributed by atoms with Crippen molar-refractivity contribution >= 4 is 5.91 Å². The van der Waals surface area contributed by atoms with Gasteiger partial charge in [0.1, 0.15) is 18.1 Å². The fraction of sp³-hybridized carbons (Fsp3) is 0.350. The highest BCUT2D eigenvalue weighted by Gasteiger charge is 2.06. The molecule has 0 bridgehead atoms. The van der Waals surface area contributed by atoms with Crippen LogP contribution in [0.25, 0.3) is 0 Å². The molecule has 0 saturated heterocycles. The first-order valence-electron chi connectivity index (χ1n) is 8.40. The molecule has 0 aromatic heterocycles. The summed E-state index contributed by atoms with van der Waals surface area (Å²) >= 11 is 0. The van der Waals surface area contributed by atoms with Gasteiger partial charge in [-0.2, -0.15) is 0 Å². The second-order valence-corrected chi connectivity index (χ2v) is 5.57. The van der Waals surface area contributed by atoms with E-state index in [9.17, 15) is 4.79 Å². The second-order valence-electron chi connectivity index (χ2n) is 5.57. The van der Waals surface area contributed by atoms with E-state index in [-0.39, 0.29) is 5.91 Å². The summed E-state index contributed by atoms with van der Waals surface area (Å²) in [6.07, 6.45) is 0.984. The average Bonchev–Trinajstić information content (AvgIpc) is 2.69. The summed E-state index contributed by atoms with van der Waals surface area (Å²) in [6.45, 7) is 0.803. The minimum Gasteiger partial charge on any atom is -0.497 e. The topological polar surface area (TPSA) is 66.0 Å². The van der Waals surface area contributed by atoms with Crippen molar-refractivity contribution in [2.45, 2.75) is 12.8 Å². The number of para-hydroxylation sites is 2. The molecule has 0 radical (unpaired) electrons. The summed E-state index contributed by atoms with van der Waals surface area (Å²) in [5, 5.41) is 2.85. The third-order valence-corrected chi connectivity index (χ3v) is 3.80. The Hall–Kier alpha value is -2.89. The van der Waals surface area contributed by atoms with Crippen LogP contribution in [-0.4, -0.2) is 40.4 Å². The number of carbonyl (C=O) groups excluding carboxylic acids is 1. The van der Waals surface area contributed by atoms with Crippen LogP contribution in [0.1, 0.15) is 12.0 Å². The lowest BCUT2D eigenvalue weighted by Gasteiger charge is -2.11. The molecule has 2 aromatic carbocycles. The molecule has 6 nitrogen and oxygen atoms in total. The van der Waals surface area contributed by atoms with E-state index >= 15 is 0 Å². The molecule has 1 N–H and O–H groups in total. The predicted molar refractivity (Wildman–Crippen MR) is 99.4 cm³/mol. The lowest BCUT2D eigenvalue weighted by molar-refractivity contribution is -0.121. The van der Waals surface area contributed by atoms with Gasteiger partial charge in [-0.25, -0.2) is 0 Å². The number of aryl methyl sites for hydroxylation is 1. The van der Waals surface area contributed by atoms with Crippen molar-refractivity contribution in [3.8, 4) is 23.0 Å². The van der Waals surface area contributed by atoms with Gasteiger partial charge in [0.2, 0.25) is 5.91 Å².